The van der Waals surface area contributed by atoms with Gasteiger partial charge in [-0.3, -0.25) is 9.59 Å². The first kappa shape index (κ1) is 21.9. The number of hydrogen-bond acceptors (Lipinski definition) is 4. The molecule has 1 saturated heterocycles. The SMILES string of the molecule is N[C@H](Cc1ccc(Cl)cc1)C(=O)N1CC[C@H](N(C(=O)c2ccco2)C2CCCCC2)C1. The molecule has 1 aliphatic carbocycles. The molecule has 0 radical (unpaired) electrons. The first-order valence-corrected chi connectivity index (χ1v) is 11.6. The second-order valence-electron chi connectivity index (χ2n) is 8.65. The van der Waals surface area contributed by atoms with Crippen LogP contribution in [0.15, 0.2) is 47.1 Å². The summed E-state index contributed by atoms with van der Waals surface area (Å²) in [7, 11) is 0. The zero-order chi connectivity index (χ0) is 21.8. The minimum Gasteiger partial charge on any atom is -0.459 e. The summed E-state index contributed by atoms with van der Waals surface area (Å²) in [5.41, 5.74) is 7.23. The van der Waals surface area contributed by atoms with Gasteiger partial charge in [-0.15, -0.1) is 0 Å². The Morgan fingerprint density at radius 2 is 1.84 bits per heavy atom. The Morgan fingerprint density at radius 1 is 1.10 bits per heavy atom. The molecule has 0 spiro atoms. The van der Waals surface area contributed by atoms with Crippen LogP contribution in [0.4, 0.5) is 0 Å². The van der Waals surface area contributed by atoms with Gasteiger partial charge in [0, 0.05) is 24.2 Å². The van der Waals surface area contributed by atoms with Crippen LogP contribution in [-0.2, 0) is 11.2 Å². The number of carbonyl (C=O) groups excluding carboxylic acids is 2. The third-order valence-electron chi connectivity index (χ3n) is 6.49. The van der Waals surface area contributed by atoms with Gasteiger partial charge in [0.1, 0.15) is 0 Å². The maximum absolute atomic E-state index is 13.3. The van der Waals surface area contributed by atoms with Gasteiger partial charge in [-0.2, -0.15) is 0 Å². The Hall–Kier alpha value is -2.31. The van der Waals surface area contributed by atoms with Crippen molar-refractivity contribution in [3.05, 3.63) is 59.0 Å². The number of nitrogens with zero attached hydrogens (tertiary/aromatic N) is 2. The molecule has 2 heterocycles. The van der Waals surface area contributed by atoms with E-state index in [0.717, 1.165) is 37.7 Å². The molecule has 6 nitrogen and oxygen atoms in total. The number of likely N-dealkylation sites (tertiary alicyclic amines) is 1. The van der Waals surface area contributed by atoms with Gasteiger partial charge in [0.15, 0.2) is 5.76 Å². The largest absolute Gasteiger partial charge is 0.459 e. The van der Waals surface area contributed by atoms with Gasteiger partial charge in [-0.1, -0.05) is 43.0 Å². The van der Waals surface area contributed by atoms with Crippen molar-refractivity contribution in [3.8, 4) is 0 Å². The van der Waals surface area contributed by atoms with Gasteiger partial charge >= 0.3 is 0 Å². The molecule has 2 aliphatic rings. The molecule has 7 heteroatoms. The molecule has 166 valence electrons. The highest BCUT2D eigenvalue weighted by Gasteiger charge is 2.39. The summed E-state index contributed by atoms with van der Waals surface area (Å²) in [6, 6.07) is 10.5. The van der Waals surface area contributed by atoms with Crippen LogP contribution < -0.4 is 5.73 Å². The van der Waals surface area contributed by atoms with Gasteiger partial charge in [-0.05, 0) is 55.5 Å². The first-order valence-electron chi connectivity index (χ1n) is 11.2. The van der Waals surface area contributed by atoms with Gasteiger partial charge in [0.05, 0.1) is 18.3 Å². The van der Waals surface area contributed by atoms with E-state index in [4.69, 9.17) is 21.8 Å². The van der Waals surface area contributed by atoms with E-state index in [1.54, 1.807) is 12.1 Å². The molecule has 2 aromatic rings. The highest BCUT2D eigenvalue weighted by molar-refractivity contribution is 6.30. The normalized spacial score (nSPS) is 20.6. The zero-order valence-electron chi connectivity index (χ0n) is 17.7. The maximum Gasteiger partial charge on any atom is 0.290 e. The van der Waals surface area contributed by atoms with Crippen molar-refractivity contribution in [3.63, 3.8) is 0 Å². The summed E-state index contributed by atoms with van der Waals surface area (Å²) in [5.74, 6) is 0.239. The monoisotopic (exact) mass is 443 g/mol. The van der Waals surface area contributed by atoms with Gasteiger partial charge in [-0.25, -0.2) is 0 Å². The lowest BCUT2D eigenvalue weighted by Crippen LogP contribution is -2.50. The molecular formula is C24H30ClN3O3. The smallest absolute Gasteiger partial charge is 0.290 e. The summed E-state index contributed by atoms with van der Waals surface area (Å²) in [6.45, 7) is 1.14. The van der Waals surface area contributed by atoms with Crippen LogP contribution in [0, 0.1) is 0 Å². The van der Waals surface area contributed by atoms with Gasteiger partial charge < -0.3 is 20.0 Å². The standard InChI is InChI=1S/C24H30ClN3O3/c25-18-10-8-17(9-11-18)15-21(26)23(29)27-13-12-20(16-27)28(19-5-2-1-3-6-19)24(30)22-7-4-14-31-22/h4,7-11,14,19-21H,1-3,5-6,12-13,15-16,26H2/t20-,21+/m0/s1. The van der Waals surface area contributed by atoms with Crippen molar-refractivity contribution in [1.82, 2.24) is 9.80 Å². The minimum absolute atomic E-state index is 0.00705. The van der Waals surface area contributed by atoms with Gasteiger partial charge in [0.2, 0.25) is 5.91 Å². The van der Waals surface area contributed by atoms with E-state index in [2.05, 4.69) is 0 Å². The Morgan fingerprint density at radius 3 is 2.52 bits per heavy atom. The van der Waals surface area contributed by atoms with E-state index in [1.807, 2.05) is 34.1 Å². The van der Waals surface area contributed by atoms with Crippen molar-refractivity contribution < 1.29 is 14.0 Å². The summed E-state index contributed by atoms with van der Waals surface area (Å²) in [4.78, 5) is 30.1. The predicted octanol–water partition coefficient (Wildman–Crippen LogP) is 3.88. The number of hydrogen-bond donors (Lipinski definition) is 1. The summed E-state index contributed by atoms with van der Waals surface area (Å²) in [6.07, 6.45) is 8.26. The fraction of sp³-hybridized carbons (Fsp3) is 0.500. The maximum atomic E-state index is 13.3. The van der Waals surface area contributed by atoms with Crippen molar-refractivity contribution in [2.75, 3.05) is 13.1 Å². The molecular weight excluding hydrogens is 414 g/mol. The number of amides is 2. The molecule has 2 fully saturated rings. The molecule has 1 aromatic heterocycles. The topological polar surface area (TPSA) is 79.8 Å². The molecule has 4 rings (SSSR count). The summed E-state index contributed by atoms with van der Waals surface area (Å²) >= 11 is 5.94. The lowest BCUT2D eigenvalue weighted by atomic mass is 9.92. The number of rotatable bonds is 6. The third kappa shape index (κ3) is 5.13. The van der Waals surface area contributed by atoms with Crippen molar-refractivity contribution in [1.29, 1.82) is 0 Å². The molecule has 1 aliphatic heterocycles. The summed E-state index contributed by atoms with van der Waals surface area (Å²) in [5, 5.41) is 0.662. The molecule has 1 aromatic carbocycles. The van der Waals surface area contributed by atoms with Crippen LogP contribution >= 0.6 is 11.6 Å². The molecule has 2 atom stereocenters. The molecule has 31 heavy (non-hydrogen) atoms. The quantitative estimate of drug-likeness (QED) is 0.734. The lowest BCUT2D eigenvalue weighted by Gasteiger charge is -2.38. The van der Waals surface area contributed by atoms with E-state index >= 15 is 0 Å². The van der Waals surface area contributed by atoms with Crippen LogP contribution in [0.25, 0.3) is 0 Å². The molecule has 0 unspecified atom stereocenters. The van der Waals surface area contributed by atoms with E-state index in [1.165, 1.54) is 12.7 Å². The number of nitrogens with two attached hydrogens (primary N) is 1. The van der Waals surface area contributed by atoms with Crippen LogP contribution in [-0.4, -0.2) is 52.8 Å². The highest BCUT2D eigenvalue weighted by atomic mass is 35.5. The molecule has 2 amide bonds. The van der Waals surface area contributed by atoms with Crippen LogP contribution in [0.1, 0.15) is 54.6 Å². The minimum atomic E-state index is -0.608. The Bertz CT molecular complexity index is 878. The van der Waals surface area contributed by atoms with E-state index in [-0.39, 0.29) is 23.9 Å². The van der Waals surface area contributed by atoms with Crippen molar-refractivity contribution in [2.45, 2.75) is 63.1 Å². The average molecular weight is 444 g/mol. The molecule has 2 N–H and O–H groups in total. The number of benzene rings is 1. The van der Waals surface area contributed by atoms with E-state index in [0.29, 0.717) is 30.3 Å². The van der Waals surface area contributed by atoms with Crippen LogP contribution in [0.3, 0.4) is 0 Å². The number of carbonyl (C=O) groups is 2. The predicted molar refractivity (Wildman–Crippen MR) is 120 cm³/mol. The Kier molecular flexibility index (Phi) is 6.98. The van der Waals surface area contributed by atoms with Crippen molar-refractivity contribution in [2.24, 2.45) is 5.73 Å². The molecule has 1 saturated carbocycles. The highest BCUT2D eigenvalue weighted by Crippen LogP contribution is 2.29. The van der Waals surface area contributed by atoms with E-state index < -0.39 is 6.04 Å². The second kappa shape index (κ2) is 9.88. The molecule has 0 bridgehead atoms. The fourth-order valence-electron chi connectivity index (χ4n) is 4.88. The third-order valence-corrected chi connectivity index (χ3v) is 6.74. The average Bonchev–Trinajstić information content (AvgIpc) is 3.48. The van der Waals surface area contributed by atoms with Crippen LogP contribution in [0.5, 0.6) is 0 Å². The first-order chi connectivity index (χ1) is 15.0. The zero-order valence-corrected chi connectivity index (χ0v) is 18.5. The summed E-state index contributed by atoms with van der Waals surface area (Å²) < 4.78 is 5.41. The fourth-order valence-corrected chi connectivity index (χ4v) is 5.01. The Balaban J connectivity index is 1.43. The van der Waals surface area contributed by atoms with Crippen molar-refractivity contribution >= 4 is 23.4 Å². The number of furan rings is 1. The number of halogens is 1. The second-order valence-corrected chi connectivity index (χ2v) is 9.08. The van der Waals surface area contributed by atoms with Crippen LogP contribution in [0.2, 0.25) is 5.02 Å². The van der Waals surface area contributed by atoms with E-state index in [9.17, 15) is 9.59 Å². The lowest BCUT2D eigenvalue weighted by molar-refractivity contribution is -0.131. The van der Waals surface area contributed by atoms with Gasteiger partial charge in [0.25, 0.3) is 5.91 Å². The Labute approximate surface area is 188 Å².